The first kappa shape index (κ1) is 30.4. The smallest absolute Gasteiger partial charge is 0.161 e. The van der Waals surface area contributed by atoms with Crippen LogP contribution < -0.4 is 0 Å². The number of allylic oxidation sites excluding steroid dienone is 5. The Bertz CT molecular complexity index is 2480. The van der Waals surface area contributed by atoms with E-state index in [0.717, 1.165) is 57.2 Å². The van der Waals surface area contributed by atoms with E-state index in [1.165, 1.54) is 10.9 Å². The fourth-order valence-electron chi connectivity index (χ4n) is 7.91. The van der Waals surface area contributed by atoms with Gasteiger partial charge in [0.15, 0.2) is 12.0 Å². The van der Waals surface area contributed by atoms with Gasteiger partial charge in [-0.15, -0.1) is 0 Å². The summed E-state index contributed by atoms with van der Waals surface area (Å²) in [6.45, 7) is 0. The minimum absolute atomic E-state index is 0.167. The summed E-state index contributed by atoms with van der Waals surface area (Å²) in [5, 5.41) is 3.45. The van der Waals surface area contributed by atoms with Gasteiger partial charge < -0.3 is 9.13 Å². The van der Waals surface area contributed by atoms with Crippen molar-refractivity contribution in [3.8, 4) is 11.4 Å². The molecule has 0 fully saturated rings. The van der Waals surface area contributed by atoms with E-state index in [2.05, 4.69) is 57.7 Å². The first-order valence-corrected chi connectivity index (χ1v) is 17.0. The highest BCUT2D eigenvalue weighted by atomic mass is 19.2. The van der Waals surface area contributed by atoms with Gasteiger partial charge in [0.05, 0.1) is 22.5 Å². The number of benzene rings is 5. The second-order valence-corrected chi connectivity index (χ2v) is 13.2. The Kier molecular flexibility index (Phi) is 7.34. The number of aryl methyl sites for hydroxylation is 1. The van der Waals surface area contributed by atoms with E-state index in [1.54, 1.807) is 24.3 Å². The number of halogens is 4. The summed E-state index contributed by atoms with van der Waals surface area (Å²) in [6, 6.07) is 39.1. The van der Waals surface area contributed by atoms with Crippen molar-refractivity contribution in [2.75, 3.05) is 0 Å². The lowest BCUT2D eigenvalue weighted by molar-refractivity contribution is 0.213. The summed E-state index contributed by atoms with van der Waals surface area (Å²) >= 11 is 0. The number of nitrogens with zero attached hydrogens (tertiary/aromatic N) is 2. The van der Waals surface area contributed by atoms with Crippen LogP contribution in [-0.4, -0.2) is 15.3 Å². The van der Waals surface area contributed by atoms with Crippen LogP contribution in [0.5, 0.6) is 0 Å². The lowest BCUT2D eigenvalue weighted by Crippen LogP contribution is -2.26. The normalized spacial score (nSPS) is 17.8. The minimum Gasteiger partial charge on any atom is -0.310 e. The zero-order valence-corrected chi connectivity index (χ0v) is 27.1. The molecule has 2 heterocycles. The van der Waals surface area contributed by atoms with Crippen molar-refractivity contribution in [1.82, 2.24) is 9.13 Å². The van der Waals surface area contributed by atoms with Crippen molar-refractivity contribution in [3.05, 3.63) is 173 Å². The Hall–Kier alpha value is -5.62. The van der Waals surface area contributed by atoms with Gasteiger partial charge >= 0.3 is 0 Å². The summed E-state index contributed by atoms with van der Waals surface area (Å²) in [4.78, 5) is 0. The Morgan fingerprint density at radius 1 is 0.580 bits per heavy atom. The first-order valence-electron chi connectivity index (χ1n) is 17.0. The molecule has 0 aliphatic heterocycles. The predicted molar refractivity (Wildman–Crippen MR) is 195 cm³/mol. The van der Waals surface area contributed by atoms with Crippen LogP contribution >= 0.6 is 0 Å². The highest BCUT2D eigenvalue weighted by molar-refractivity contribution is 6.09. The van der Waals surface area contributed by atoms with Crippen LogP contribution in [0.1, 0.15) is 28.8 Å². The molecular weight excluding hydrogens is 632 g/mol. The van der Waals surface area contributed by atoms with Gasteiger partial charge in [-0.2, -0.15) is 0 Å². The first-order chi connectivity index (χ1) is 24.5. The van der Waals surface area contributed by atoms with E-state index in [9.17, 15) is 0 Å². The summed E-state index contributed by atoms with van der Waals surface area (Å²) in [6.07, 6.45) is 3.54. The largest absolute Gasteiger partial charge is 0.310 e. The Labute approximate surface area is 286 Å². The van der Waals surface area contributed by atoms with Crippen LogP contribution in [0.3, 0.4) is 0 Å². The molecular formula is C44H32F4N2. The van der Waals surface area contributed by atoms with Gasteiger partial charge in [0.25, 0.3) is 0 Å². The van der Waals surface area contributed by atoms with E-state index in [0.29, 0.717) is 11.1 Å². The summed E-state index contributed by atoms with van der Waals surface area (Å²) < 4.78 is 66.6. The number of hydrogen-bond donors (Lipinski definition) is 0. The Balaban J connectivity index is 0.960. The summed E-state index contributed by atoms with van der Waals surface area (Å²) in [5.41, 5.74) is 7.96. The van der Waals surface area contributed by atoms with E-state index in [4.69, 9.17) is 0 Å². The molecule has 7 aromatic rings. The quantitative estimate of drug-likeness (QED) is 0.157. The van der Waals surface area contributed by atoms with Gasteiger partial charge in [-0.05, 0) is 84.5 Å². The van der Waals surface area contributed by atoms with E-state index in [-0.39, 0.29) is 12.8 Å². The molecule has 5 aromatic carbocycles. The fraction of sp³-hybridized carbons (Fsp3) is 0.136. The number of para-hydroxylation sites is 3. The van der Waals surface area contributed by atoms with Crippen molar-refractivity contribution >= 4 is 38.8 Å². The Morgan fingerprint density at radius 2 is 1.12 bits per heavy atom. The second kappa shape index (κ2) is 12.1. The topological polar surface area (TPSA) is 9.86 Å². The number of aromatic nitrogens is 2. The molecule has 0 saturated heterocycles. The SMILES string of the molecule is FC1=C(F)C(Cc2ccc(-n3c4c(c5ccccc53)CCC=C4)cc2)C(F)C(F)=C1Cc1ccc(-n2c3ccccc3c3ccccc32)cc1. The highest BCUT2D eigenvalue weighted by Crippen LogP contribution is 2.42. The number of hydrogen-bond acceptors (Lipinski definition) is 0. The Morgan fingerprint density at radius 3 is 1.76 bits per heavy atom. The van der Waals surface area contributed by atoms with Crippen molar-refractivity contribution < 1.29 is 17.6 Å². The van der Waals surface area contributed by atoms with Crippen LogP contribution in [0.15, 0.2) is 150 Å². The van der Waals surface area contributed by atoms with Crippen LogP contribution in [0.25, 0.3) is 50.2 Å². The molecule has 2 aliphatic rings. The van der Waals surface area contributed by atoms with Crippen molar-refractivity contribution in [3.63, 3.8) is 0 Å². The lowest BCUT2D eigenvalue weighted by Gasteiger charge is -2.26. The number of alkyl halides is 1. The van der Waals surface area contributed by atoms with Crippen LogP contribution in [0.2, 0.25) is 0 Å². The van der Waals surface area contributed by atoms with Gasteiger partial charge in [-0.1, -0.05) is 84.9 Å². The van der Waals surface area contributed by atoms with E-state index in [1.807, 2.05) is 60.7 Å². The van der Waals surface area contributed by atoms with E-state index < -0.39 is 35.1 Å². The third-order valence-electron chi connectivity index (χ3n) is 10.3. The molecule has 0 N–H and O–H groups in total. The van der Waals surface area contributed by atoms with Gasteiger partial charge in [-0.3, -0.25) is 0 Å². The molecule has 2 aliphatic carbocycles. The zero-order valence-electron chi connectivity index (χ0n) is 27.1. The zero-order chi connectivity index (χ0) is 33.9. The molecule has 0 amide bonds. The molecule has 2 unspecified atom stereocenters. The molecule has 0 bridgehead atoms. The monoisotopic (exact) mass is 664 g/mol. The van der Waals surface area contributed by atoms with Gasteiger partial charge in [0.1, 0.15) is 11.7 Å². The molecule has 2 nitrogen and oxygen atoms in total. The molecule has 0 radical (unpaired) electrons. The molecule has 50 heavy (non-hydrogen) atoms. The molecule has 246 valence electrons. The molecule has 9 rings (SSSR count). The number of fused-ring (bicyclic) bond motifs is 6. The van der Waals surface area contributed by atoms with Crippen LogP contribution in [0, 0.1) is 5.92 Å². The number of rotatable bonds is 6. The van der Waals surface area contributed by atoms with Crippen molar-refractivity contribution in [2.24, 2.45) is 5.92 Å². The van der Waals surface area contributed by atoms with Gasteiger partial charge in [-0.25, -0.2) is 17.6 Å². The van der Waals surface area contributed by atoms with Crippen LogP contribution in [-0.2, 0) is 19.3 Å². The summed E-state index contributed by atoms with van der Waals surface area (Å²) in [5.74, 6) is -5.36. The standard InChI is InChI=1S/C44H32F4N2/c45-41-35(25-27-17-21-29(22-18-27)49-37-13-5-1-9-31(37)32-10-2-6-14-38(32)49)42(46)44(48)36(43(41)47)26-28-19-23-30(24-20-28)50-39-15-7-3-11-33(39)34-12-4-8-16-40(34)50/h1-3,5-11,13-24,36,43H,4,12,25-26H2. The summed E-state index contributed by atoms with van der Waals surface area (Å²) in [7, 11) is 0. The average molecular weight is 665 g/mol. The third kappa shape index (κ3) is 4.85. The third-order valence-corrected chi connectivity index (χ3v) is 10.3. The average Bonchev–Trinajstić information content (AvgIpc) is 3.68. The maximum Gasteiger partial charge on any atom is 0.161 e. The predicted octanol–water partition coefficient (Wildman–Crippen LogP) is 11.8. The molecule has 0 saturated carbocycles. The molecule has 2 aromatic heterocycles. The van der Waals surface area contributed by atoms with Crippen LogP contribution in [0.4, 0.5) is 17.6 Å². The lowest BCUT2D eigenvalue weighted by atomic mass is 9.85. The van der Waals surface area contributed by atoms with Gasteiger partial charge in [0.2, 0.25) is 0 Å². The molecule has 2 atom stereocenters. The molecule has 0 spiro atoms. The maximum absolute atomic E-state index is 15.6. The highest BCUT2D eigenvalue weighted by Gasteiger charge is 2.39. The fourth-order valence-corrected chi connectivity index (χ4v) is 7.91. The minimum atomic E-state index is -2.29. The van der Waals surface area contributed by atoms with Crippen molar-refractivity contribution in [1.29, 1.82) is 0 Å². The maximum atomic E-state index is 15.6. The van der Waals surface area contributed by atoms with Gasteiger partial charge in [0, 0.05) is 45.2 Å². The van der Waals surface area contributed by atoms with Crippen molar-refractivity contribution in [2.45, 2.75) is 31.9 Å². The van der Waals surface area contributed by atoms with E-state index >= 15 is 17.6 Å². The second-order valence-electron chi connectivity index (χ2n) is 13.2. The molecule has 6 heteroatoms.